The summed E-state index contributed by atoms with van der Waals surface area (Å²) >= 11 is 0. The minimum absolute atomic E-state index is 0.613. The molecule has 0 amide bonds. The molecule has 1 aliphatic carbocycles. The molecule has 0 bridgehead atoms. The minimum atomic E-state index is -0.787. The molecule has 1 aromatic heterocycles. The molecule has 0 aliphatic heterocycles. The van der Waals surface area contributed by atoms with Crippen LogP contribution in [0.2, 0.25) is 0 Å². The Morgan fingerprint density at radius 1 is 1.24 bits per heavy atom. The molecule has 4 nitrogen and oxygen atoms in total. The van der Waals surface area contributed by atoms with Crippen molar-refractivity contribution in [3.63, 3.8) is 0 Å². The van der Waals surface area contributed by atoms with E-state index in [0.29, 0.717) is 24.2 Å². The van der Waals surface area contributed by atoms with E-state index in [2.05, 4.69) is 0 Å². The van der Waals surface area contributed by atoms with Gasteiger partial charge in [-0.25, -0.2) is 0 Å². The zero-order valence-electron chi connectivity index (χ0n) is 12.4. The number of hydrogen-bond donors (Lipinski definition) is 1. The molecular weight excluding hydrogens is 268 g/mol. The average molecular weight is 288 g/mol. The smallest absolute Gasteiger partial charge is 0.314 e. The first-order valence-electron chi connectivity index (χ1n) is 7.39. The summed E-state index contributed by atoms with van der Waals surface area (Å²) in [6.45, 7) is 1.88. The SMILES string of the molecule is COc1cc(C2(C(=O)O)CCCCC2)cc2cc(C)oc12. The fraction of sp³-hybridized carbons (Fsp3) is 0.471. The highest BCUT2D eigenvalue weighted by molar-refractivity contribution is 5.89. The monoisotopic (exact) mass is 288 g/mol. The fourth-order valence-corrected chi connectivity index (χ4v) is 3.46. The molecule has 1 fully saturated rings. The predicted octanol–water partition coefficient (Wildman–Crippen LogP) is 4.04. The number of hydrogen-bond acceptors (Lipinski definition) is 3. The molecule has 1 aliphatic rings. The third kappa shape index (κ3) is 2.19. The standard InChI is InChI=1S/C17H20O4/c1-11-8-12-9-13(10-14(20-2)15(12)21-11)17(16(18)19)6-4-3-5-7-17/h8-10H,3-7H2,1-2H3,(H,18,19). The van der Waals surface area contributed by atoms with E-state index >= 15 is 0 Å². The molecular formula is C17H20O4. The van der Waals surface area contributed by atoms with Crippen LogP contribution in [0.5, 0.6) is 5.75 Å². The Labute approximate surface area is 123 Å². The number of carboxylic acid groups (broad SMARTS) is 1. The number of carbonyl (C=O) groups is 1. The first-order valence-corrected chi connectivity index (χ1v) is 7.39. The van der Waals surface area contributed by atoms with Gasteiger partial charge in [0, 0.05) is 5.39 Å². The summed E-state index contributed by atoms with van der Waals surface area (Å²) in [5, 5.41) is 10.7. The van der Waals surface area contributed by atoms with Gasteiger partial charge in [-0.1, -0.05) is 19.3 Å². The Morgan fingerprint density at radius 3 is 2.57 bits per heavy atom. The molecule has 112 valence electrons. The second-order valence-corrected chi connectivity index (χ2v) is 5.90. The summed E-state index contributed by atoms with van der Waals surface area (Å²) in [5.41, 5.74) is 0.736. The zero-order valence-corrected chi connectivity index (χ0v) is 12.4. The van der Waals surface area contributed by atoms with Crippen LogP contribution >= 0.6 is 0 Å². The highest BCUT2D eigenvalue weighted by Crippen LogP contribution is 2.43. The van der Waals surface area contributed by atoms with E-state index in [4.69, 9.17) is 9.15 Å². The van der Waals surface area contributed by atoms with Crippen LogP contribution in [-0.4, -0.2) is 18.2 Å². The van der Waals surface area contributed by atoms with Crippen LogP contribution in [0.4, 0.5) is 0 Å². The average Bonchev–Trinajstić information content (AvgIpc) is 2.86. The largest absolute Gasteiger partial charge is 0.493 e. The van der Waals surface area contributed by atoms with E-state index < -0.39 is 11.4 Å². The van der Waals surface area contributed by atoms with Crippen LogP contribution in [-0.2, 0) is 10.2 Å². The van der Waals surface area contributed by atoms with Crippen molar-refractivity contribution in [3.05, 3.63) is 29.5 Å². The molecule has 1 N–H and O–H groups in total. The summed E-state index contributed by atoms with van der Waals surface area (Å²) in [6, 6.07) is 5.72. The predicted molar refractivity (Wildman–Crippen MR) is 79.9 cm³/mol. The molecule has 0 spiro atoms. The minimum Gasteiger partial charge on any atom is -0.493 e. The maximum Gasteiger partial charge on any atom is 0.314 e. The molecule has 1 aromatic carbocycles. The van der Waals surface area contributed by atoms with Gasteiger partial charge in [-0.3, -0.25) is 4.79 Å². The number of ether oxygens (including phenoxy) is 1. The first-order chi connectivity index (χ1) is 10.1. The number of methoxy groups -OCH3 is 1. The highest BCUT2D eigenvalue weighted by Gasteiger charge is 2.41. The molecule has 4 heteroatoms. The summed E-state index contributed by atoms with van der Waals surface area (Å²) in [5.74, 6) is 0.680. The summed E-state index contributed by atoms with van der Waals surface area (Å²) in [6.07, 6.45) is 4.40. The lowest BCUT2D eigenvalue weighted by Crippen LogP contribution is -2.37. The van der Waals surface area contributed by atoms with Gasteiger partial charge in [0.1, 0.15) is 5.76 Å². The van der Waals surface area contributed by atoms with Crippen molar-refractivity contribution in [3.8, 4) is 5.75 Å². The summed E-state index contributed by atoms with van der Waals surface area (Å²) < 4.78 is 11.1. The number of benzene rings is 1. The van der Waals surface area contributed by atoms with Crippen LogP contribution in [0.1, 0.15) is 43.4 Å². The Hall–Kier alpha value is -1.97. The Balaban J connectivity index is 2.20. The third-order valence-corrected chi connectivity index (χ3v) is 4.59. The number of carboxylic acids is 1. The van der Waals surface area contributed by atoms with Gasteiger partial charge in [0.2, 0.25) is 0 Å². The molecule has 1 saturated carbocycles. The maximum atomic E-state index is 12.0. The van der Waals surface area contributed by atoms with E-state index in [-0.39, 0.29) is 0 Å². The topological polar surface area (TPSA) is 59.7 Å². The summed E-state index contributed by atoms with van der Waals surface area (Å²) in [4.78, 5) is 12.0. The Bertz CT molecular complexity index is 677. The van der Waals surface area contributed by atoms with Gasteiger partial charge in [-0.15, -0.1) is 0 Å². The third-order valence-electron chi connectivity index (χ3n) is 4.59. The van der Waals surface area contributed by atoms with Gasteiger partial charge in [0.05, 0.1) is 12.5 Å². The van der Waals surface area contributed by atoms with Crippen molar-refractivity contribution in [2.24, 2.45) is 0 Å². The van der Waals surface area contributed by atoms with E-state index in [9.17, 15) is 9.90 Å². The second-order valence-electron chi connectivity index (χ2n) is 5.90. The van der Waals surface area contributed by atoms with Gasteiger partial charge in [-0.05, 0) is 43.5 Å². The maximum absolute atomic E-state index is 12.0. The summed E-state index contributed by atoms with van der Waals surface area (Å²) in [7, 11) is 1.59. The van der Waals surface area contributed by atoms with Crippen LogP contribution in [0, 0.1) is 6.92 Å². The fourth-order valence-electron chi connectivity index (χ4n) is 3.46. The van der Waals surface area contributed by atoms with Crippen LogP contribution in [0.3, 0.4) is 0 Å². The van der Waals surface area contributed by atoms with E-state index in [1.54, 1.807) is 7.11 Å². The van der Waals surface area contributed by atoms with Crippen molar-refractivity contribution >= 4 is 16.9 Å². The molecule has 1 heterocycles. The van der Waals surface area contributed by atoms with Crippen LogP contribution in [0.25, 0.3) is 11.0 Å². The van der Waals surface area contributed by atoms with E-state index in [1.807, 2.05) is 25.1 Å². The van der Waals surface area contributed by atoms with Crippen molar-refractivity contribution < 1.29 is 19.1 Å². The Morgan fingerprint density at radius 2 is 1.95 bits per heavy atom. The van der Waals surface area contributed by atoms with Gasteiger partial charge in [0.25, 0.3) is 0 Å². The normalized spacial score (nSPS) is 17.8. The lowest BCUT2D eigenvalue weighted by atomic mass is 9.69. The molecule has 3 rings (SSSR count). The van der Waals surface area contributed by atoms with Gasteiger partial charge in [0.15, 0.2) is 11.3 Å². The highest BCUT2D eigenvalue weighted by atomic mass is 16.5. The zero-order chi connectivity index (χ0) is 15.0. The van der Waals surface area contributed by atoms with E-state index in [1.165, 1.54) is 0 Å². The molecule has 21 heavy (non-hydrogen) atoms. The van der Waals surface area contributed by atoms with Crippen LogP contribution in [0.15, 0.2) is 22.6 Å². The van der Waals surface area contributed by atoms with Crippen molar-refractivity contribution in [2.45, 2.75) is 44.4 Å². The van der Waals surface area contributed by atoms with Crippen molar-refractivity contribution in [1.82, 2.24) is 0 Å². The number of aliphatic carboxylic acids is 1. The molecule has 0 saturated heterocycles. The molecule has 0 radical (unpaired) electrons. The van der Waals surface area contributed by atoms with E-state index in [0.717, 1.165) is 36.0 Å². The molecule has 2 aromatic rings. The number of fused-ring (bicyclic) bond motifs is 1. The van der Waals surface area contributed by atoms with Gasteiger partial charge >= 0.3 is 5.97 Å². The molecule has 0 unspecified atom stereocenters. The number of aryl methyl sites for hydroxylation is 1. The lowest BCUT2D eigenvalue weighted by molar-refractivity contribution is -0.145. The number of furan rings is 1. The van der Waals surface area contributed by atoms with Crippen molar-refractivity contribution in [1.29, 1.82) is 0 Å². The second kappa shape index (κ2) is 5.10. The number of rotatable bonds is 3. The van der Waals surface area contributed by atoms with Crippen LogP contribution < -0.4 is 4.74 Å². The Kier molecular flexibility index (Phi) is 3.40. The molecule has 0 atom stereocenters. The van der Waals surface area contributed by atoms with Gasteiger partial charge in [-0.2, -0.15) is 0 Å². The first kappa shape index (κ1) is 14.0. The van der Waals surface area contributed by atoms with Gasteiger partial charge < -0.3 is 14.3 Å². The van der Waals surface area contributed by atoms with Crippen molar-refractivity contribution in [2.75, 3.05) is 7.11 Å². The lowest BCUT2D eigenvalue weighted by Gasteiger charge is -2.33. The quantitative estimate of drug-likeness (QED) is 0.926.